The molecule has 2 rings (SSSR count). The Morgan fingerprint density at radius 1 is 1.50 bits per heavy atom. The van der Waals surface area contributed by atoms with E-state index in [9.17, 15) is 0 Å². The number of hydrogen-bond acceptors (Lipinski definition) is 4. The van der Waals surface area contributed by atoms with Gasteiger partial charge in [-0.25, -0.2) is 4.98 Å². The molecule has 1 fully saturated rings. The number of nitrogens with zero attached hydrogens (tertiary/aromatic N) is 3. The Hall–Kier alpha value is -0.940. The van der Waals surface area contributed by atoms with Crippen LogP contribution in [0.5, 0.6) is 0 Å². The second-order valence-electron chi connectivity index (χ2n) is 4.43. The summed E-state index contributed by atoms with van der Waals surface area (Å²) in [5.74, 6) is 1.39. The summed E-state index contributed by atoms with van der Waals surface area (Å²) < 4.78 is 7.66. The Morgan fingerprint density at radius 2 is 2.31 bits per heavy atom. The molecule has 1 aliphatic rings. The molecule has 0 radical (unpaired) electrons. The van der Waals surface area contributed by atoms with Crippen molar-refractivity contribution in [2.75, 3.05) is 6.54 Å². The van der Waals surface area contributed by atoms with Crippen molar-refractivity contribution in [2.45, 2.75) is 38.4 Å². The topological polar surface area (TPSA) is 66.0 Å². The third-order valence-electron chi connectivity index (χ3n) is 3.37. The molecule has 0 amide bonds. The number of nitrogens with two attached hydrogens (primary N) is 1. The molecular weight excluding hydrogens is 204 g/mol. The van der Waals surface area contributed by atoms with Gasteiger partial charge in [0.05, 0.1) is 6.10 Å². The van der Waals surface area contributed by atoms with Crippen molar-refractivity contribution in [3.05, 3.63) is 12.2 Å². The first kappa shape index (κ1) is 11.5. The molecule has 2 unspecified atom stereocenters. The van der Waals surface area contributed by atoms with Crippen molar-refractivity contribution in [3.8, 4) is 0 Å². The number of aromatic nitrogens is 3. The molecule has 1 aromatic heterocycles. The summed E-state index contributed by atoms with van der Waals surface area (Å²) in [5.41, 5.74) is 5.76. The first-order valence-corrected chi connectivity index (χ1v) is 5.96. The van der Waals surface area contributed by atoms with Gasteiger partial charge in [-0.05, 0) is 25.3 Å². The van der Waals surface area contributed by atoms with Crippen molar-refractivity contribution in [1.82, 2.24) is 14.8 Å². The molecule has 1 heterocycles. The van der Waals surface area contributed by atoms with E-state index >= 15 is 0 Å². The SMILES string of the molecule is Cn1ncnc1COC1CCCCC1CN. The van der Waals surface area contributed by atoms with E-state index in [4.69, 9.17) is 10.5 Å². The minimum Gasteiger partial charge on any atom is -0.370 e. The zero-order valence-electron chi connectivity index (χ0n) is 9.80. The van der Waals surface area contributed by atoms with Crippen molar-refractivity contribution < 1.29 is 4.74 Å². The molecule has 90 valence electrons. The fourth-order valence-corrected chi connectivity index (χ4v) is 2.30. The quantitative estimate of drug-likeness (QED) is 0.823. The summed E-state index contributed by atoms with van der Waals surface area (Å²) in [6, 6.07) is 0. The third kappa shape index (κ3) is 2.59. The molecule has 0 bridgehead atoms. The van der Waals surface area contributed by atoms with Crippen molar-refractivity contribution in [2.24, 2.45) is 18.7 Å². The molecule has 0 saturated heterocycles. The molecule has 2 atom stereocenters. The molecule has 0 aromatic carbocycles. The van der Waals surface area contributed by atoms with Crippen LogP contribution in [0.15, 0.2) is 6.33 Å². The lowest BCUT2D eigenvalue weighted by Crippen LogP contribution is -2.33. The maximum Gasteiger partial charge on any atom is 0.152 e. The van der Waals surface area contributed by atoms with Gasteiger partial charge in [0.1, 0.15) is 12.9 Å². The van der Waals surface area contributed by atoms with Crippen LogP contribution in [0.25, 0.3) is 0 Å². The van der Waals surface area contributed by atoms with Gasteiger partial charge in [-0.2, -0.15) is 5.10 Å². The highest BCUT2D eigenvalue weighted by atomic mass is 16.5. The molecule has 1 aliphatic carbocycles. The van der Waals surface area contributed by atoms with Crippen LogP contribution in [0, 0.1) is 5.92 Å². The van der Waals surface area contributed by atoms with Crippen LogP contribution < -0.4 is 5.73 Å². The normalized spacial score (nSPS) is 25.9. The summed E-state index contributed by atoms with van der Waals surface area (Å²) in [5, 5.41) is 4.02. The molecule has 16 heavy (non-hydrogen) atoms. The van der Waals surface area contributed by atoms with E-state index in [0.717, 1.165) is 18.8 Å². The summed E-state index contributed by atoms with van der Waals surface area (Å²) in [4.78, 5) is 4.15. The second-order valence-corrected chi connectivity index (χ2v) is 4.43. The fourth-order valence-electron chi connectivity index (χ4n) is 2.30. The standard InChI is InChI=1S/C11H20N4O/c1-15-11(13-8-14-15)7-16-10-5-3-2-4-9(10)6-12/h8-10H,2-7,12H2,1H3. The Labute approximate surface area is 96.0 Å². The maximum atomic E-state index is 5.91. The van der Waals surface area contributed by atoms with E-state index in [-0.39, 0.29) is 0 Å². The first-order chi connectivity index (χ1) is 7.81. The van der Waals surface area contributed by atoms with Gasteiger partial charge in [0, 0.05) is 7.05 Å². The molecule has 1 aromatic rings. The van der Waals surface area contributed by atoms with Gasteiger partial charge in [0.2, 0.25) is 0 Å². The van der Waals surface area contributed by atoms with Gasteiger partial charge in [0.25, 0.3) is 0 Å². The molecule has 0 spiro atoms. The molecular formula is C11H20N4O. The minimum atomic E-state index is 0.301. The Morgan fingerprint density at radius 3 is 3.00 bits per heavy atom. The van der Waals surface area contributed by atoms with Crippen molar-refractivity contribution >= 4 is 0 Å². The number of rotatable bonds is 4. The predicted octanol–water partition coefficient (Wildman–Crippen LogP) is 0.849. The largest absolute Gasteiger partial charge is 0.370 e. The van der Waals surface area contributed by atoms with Gasteiger partial charge in [0.15, 0.2) is 5.82 Å². The van der Waals surface area contributed by atoms with Gasteiger partial charge in [-0.15, -0.1) is 0 Å². The average Bonchev–Trinajstić information content (AvgIpc) is 2.72. The summed E-state index contributed by atoms with van der Waals surface area (Å²) >= 11 is 0. The molecule has 2 N–H and O–H groups in total. The highest BCUT2D eigenvalue weighted by Gasteiger charge is 2.24. The molecule has 1 saturated carbocycles. The van der Waals surface area contributed by atoms with E-state index < -0.39 is 0 Å². The van der Waals surface area contributed by atoms with Crippen LogP contribution >= 0.6 is 0 Å². The maximum absolute atomic E-state index is 5.91. The Balaban J connectivity index is 1.86. The third-order valence-corrected chi connectivity index (χ3v) is 3.37. The van der Waals surface area contributed by atoms with Crippen LogP contribution in [0.4, 0.5) is 0 Å². The van der Waals surface area contributed by atoms with Crippen molar-refractivity contribution in [3.63, 3.8) is 0 Å². The first-order valence-electron chi connectivity index (χ1n) is 5.96. The number of aryl methyl sites for hydroxylation is 1. The molecule has 0 aliphatic heterocycles. The van der Waals surface area contributed by atoms with E-state index in [1.807, 2.05) is 7.05 Å². The summed E-state index contributed by atoms with van der Waals surface area (Å²) in [6.07, 6.45) is 6.71. The zero-order valence-corrected chi connectivity index (χ0v) is 9.80. The van der Waals surface area contributed by atoms with Gasteiger partial charge in [-0.3, -0.25) is 4.68 Å². The predicted molar refractivity (Wildman–Crippen MR) is 60.6 cm³/mol. The average molecular weight is 224 g/mol. The number of ether oxygens (including phenoxy) is 1. The monoisotopic (exact) mass is 224 g/mol. The number of hydrogen-bond donors (Lipinski definition) is 1. The van der Waals surface area contributed by atoms with E-state index in [2.05, 4.69) is 10.1 Å². The highest BCUT2D eigenvalue weighted by Crippen LogP contribution is 2.26. The van der Waals surface area contributed by atoms with Crippen LogP contribution in [0.1, 0.15) is 31.5 Å². The molecule has 5 heteroatoms. The molecule has 5 nitrogen and oxygen atoms in total. The lowest BCUT2D eigenvalue weighted by molar-refractivity contribution is -0.0220. The van der Waals surface area contributed by atoms with Crippen LogP contribution in [-0.4, -0.2) is 27.4 Å². The zero-order chi connectivity index (χ0) is 11.4. The van der Waals surface area contributed by atoms with Gasteiger partial charge >= 0.3 is 0 Å². The summed E-state index contributed by atoms with van der Waals surface area (Å²) in [6.45, 7) is 1.27. The lowest BCUT2D eigenvalue weighted by Gasteiger charge is -2.30. The van der Waals surface area contributed by atoms with Gasteiger partial charge < -0.3 is 10.5 Å². The van der Waals surface area contributed by atoms with E-state index in [1.54, 1.807) is 11.0 Å². The van der Waals surface area contributed by atoms with Crippen molar-refractivity contribution in [1.29, 1.82) is 0 Å². The highest BCUT2D eigenvalue weighted by molar-refractivity contribution is 4.82. The summed E-state index contributed by atoms with van der Waals surface area (Å²) in [7, 11) is 1.88. The second kappa shape index (κ2) is 5.41. The smallest absolute Gasteiger partial charge is 0.152 e. The van der Waals surface area contributed by atoms with E-state index in [1.165, 1.54) is 19.3 Å². The van der Waals surface area contributed by atoms with Gasteiger partial charge in [-0.1, -0.05) is 12.8 Å². The minimum absolute atomic E-state index is 0.301. The van der Waals surface area contributed by atoms with E-state index in [0.29, 0.717) is 18.6 Å². The Kier molecular flexibility index (Phi) is 3.90. The van der Waals surface area contributed by atoms with Crippen LogP contribution in [0.3, 0.4) is 0 Å². The van der Waals surface area contributed by atoms with Crippen LogP contribution in [0.2, 0.25) is 0 Å². The fraction of sp³-hybridized carbons (Fsp3) is 0.818. The van der Waals surface area contributed by atoms with Crippen LogP contribution in [-0.2, 0) is 18.4 Å². The Bertz CT molecular complexity index is 326. The lowest BCUT2D eigenvalue weighted by atomic mass is 9.86.